The molecule has 1 heterocycles. The summed E-state index contributed by atoms with van der Waals surface area (Å²) >= 11 is 5.83. The summed E-state index contributed by atoms with van der Waals surface area (Å²) in [6.07, 6.45) is 1.67. The highest BCUT2D eigenvalue weighted by Crippen LogP contribution is 2.19. The fourth-order valence-corrected chi connectivity index (χ4v) is 3.92. The number of aromatic hydroxyl groups is 1. The zero-order chi connectivity index (χ0) is 23.2. The second-order valence-electron chi connectivity index (χ2n) is 7.82. The fourth-order valence-electron chi connectivity index (χ4n) is 3.73. The topological polar surface area (TPSA) is 99.7 Å². The number of phenolic OH excluding ortho intramolecular Hbond substituents is 1. The number of phenols is 1. The zero-order valence-electron chi connectivity index (χ0n) is 17.8. The van der Waals surface area contributed by atoms with Gasteiger partial charge in [0.15, 0.2) is 0 Å². The summed E-state index contributed by atoms with van der Waals surface area (Å²) in [6, 6.07) is 19.4. The molecule has 0 saturated heterocycles. The van der Waals surface area contributed by atoms with Gasteiger partial charge in [0, 0.05) is 6.42 Å². The summed E-state index contributed by atoms with van der Waals surface area (Å²) in [6.45, 7) is 0.202. The van der Waals surface area contributed by atoms with E-state index in [1.54, 1.807) is 30.3 Å². The lowest BCUT2D eigenvalue weighted by Gasteiger charge is -2.20. The van der Waals surface area contributed by atoms with Gasteiger partial charge in [0.25, 0.3) is 0 Å². The minimum atomic E-state index is -0.800. The van der Waals surface area contributed by atoms with Crippen LogP contribution in [-0.2, 0) is 27.3 Å². The Morgan fingerprint density at radius 3 is 2.58 bits per heavy atom. The van der Waals surface area contributed by atoms with Gasteiger partial charge in [-0.15, -0.1) is 0 Å². The third kappa shape index (κ3) is 6.03. The molecule has 0 aromatic heterocycles. The van der Waals surface area contributed by atoms with Gasteiger partial charge in [0.05, 0.1) is 13.0 Å². The van der Waals surface area contributed by atoms with Crippen molar-refractivity contribution < 1.29 is 19.5 Å². The maximum Gasteiger partial charge on any atom is 0.243 e. The summed E-state index contributed by atoms with van der Waals surface area (Å²) < 4.78 is 0. The van der Waals surface area contributed by atoms with Gasteiger partial charge in [0.2, 0.25) is 11.8 Å². The zero-order valence-corrected chi connectivity index (χ0v) is 18.5. The lowest BCUT2D eigenvalue weighted by atomic mass is 10.0. The quantitative estimate of drug-likeness (QED) is 0.383. The molecular weight excluding hydrogens is 442 g/mol. The summed E-state index contributed by atoms with van der Waals surface area (Å²) in [7, 11) is 0. The molecular formula is C25H24ClN3O4. The number of nitrogens with one attached hydrogen (secondary N) is 3. The standard InChI is InChI=1S/C25H24ClN3O4/c26-23-14-20(33-29-23)15-27-25(32)22(12-16-8-10-19(30)11-9-16)28-24(31)13-18-6-3-5-17-4-1-2-7-21(17)18/h1-11,14,20,22,29-30H,12-13,15H2,(H,27,32)(H,28,31)/t20-,22-/m0/s1. The molecule has 8 heteroatoms. The molecule has 2 atom stereocenters. The molecule has 3 aromatic carbocycles. The molecule has 0 bridgehead atoms. The van der Waals surface area contributed by atoms with Gasteiger partial charge in [0.1, 0.15) is 23.1 Å². The van der Waals surface area contributed by atoms with Crippen molar-refractivity contribution in [3.8, 4) is 5.75 Å². The highest BCUT2D eigenvalue weighted by atomic mass is 35.5. The van der Waals surface area contributed by atoms with Crippen molar-refractivity contribution in [2.45, 2.75) is 25.0 Å². The van der Waals surface area contributed by atoms with Gasteiger partial charge in [-0.1, -0.05) is 66.2 Å². The minimum Gasteiger partial charge on any atom is -0.508 e. The third-order valence-electron chi connectivity index (χ3n) is 5.38. The molecule has 0 spiro atoms. The van der Waals surface area contributed by atoms with Crippen molar-refractivity contribution >= 4 is 34.2 Å². The Morgan fingerprint density at radius 1 is 1.06 bits per heavy atom. The first-order valence-corrected chi connectivity index (χ1v) is 11.0. The molecule has 0 unspecified atom stereocenters. The second-order valence-corrected chi connectivity index (χ2v) is 8.23. The summed E-state index contributed by atoms with van der Waals surface area (Å²) in [5.74, 6) is -0.462. The molecule has 0 fully saturated rings. The molecule has 1 aliphatic rings. The van der Waals surface area contributed by atoms with Crippen LogP contribution in [0.25, 0.3) is 10.8 Å². The van der Waals surface area contributed by atoms with E-state index >= 15 is 0 Å². The van der Waals surface area contributed by atoms with Gasteiger partial charge in [-0.3, -0.25) is 19.9 Å². The van der Waals surface area contributed by atoms with Crippen LogP contribution in [0.1, 0.15) is 11.1 Å². The molecule has 4 rings (SSSR count). The van der Waals surface area contributed by atoms with E-state index in [0.717, 1.165) is 21.9 Å². The van der Waals surface area contributed by atoms with Crippen molar-refractivity contribution in [1.82, 2.24) is 16.1 Å². The maximum absolute atomic E-state index is 12.9. The van der Waals surface area contributed by atoms with Crippen molar-refractivity contribution in [2.24, 2.45) is 0 Å². The maximum atomic E-state index is 12.9. The average Bonchev–Trinajstić information content (AvgIpc) is 3.24. The second kappa shape index (κ2) is 10.4. The molecule has 1 aliphatic heterocycles. The number of carbonyl (C=O) groups is 2. The van der Waals surface area contributed by atoms with E-state index in [2.05, 4.69) is 16.1 Å². The normalized spacial score (nSPS) is 16.0. The van der Waals surface area contributed by atoms with Crippen LogP contribution < -0.4 is 16.1 Å². The van der Waals surface area contributed by atoms with E-state index in [4.69, 9.17) is 16.4 Å². The molecule has 7 nitrogen and oxygen atoms in total. The van der Waals surface area contributed by atoms with E-state index in [1.165, 1.54) is 0 Å². The molecule has 2 amide bonds. The van der Waals surface area contributed by atoms with E-state index in [0.29, 0.717) is 5.16 Å². The van der Waals surface area contributed by atoms with Gasteiger partial charge < -0.3 is 15.7 Å². The van der Waals surface area contributed by atoms with E-state index in [9.17, 15) is 14.7 Å². The van der Waals surface area contributed by atoms with Crippen LogP contribution in [0, 0.1) is 0 Å². The van der Waals surface area contributed by atoms with Crippen LogP contribution in [0.3, 0.4) is 0 Å². The van der Waals surface area contributed by atoms with Crippen LogP contribution in [0.5, 0.6) is 5.75 Å². The molecule has 4 N–H and O–H groups in total. The number of hydroxylamine groups is 1. The number of amides is 2. The molecule has 33 heavy (non-hydrogen) atoms. The Bertz CT molecular complexity index is 1170. The smallest absolute Gasteiger partial charge is 0.243 e. The first-order valence-electron chi connectivity index (χ1n) is 10.6. The van der Waals surface area contributed by atoms with Gasteiger partial charge >= 0.3 is 0 Å². The van der Waals surface area contributed by atoms with Crippen molar-refractivity contribution in [3.63, 3.8) is 0 Å². The Balaban J connectivity index is 1.46. The summed E-state index contributed by atoms with van der Waals surface area (Å²) in [4.78, 5) is 31.1. The lowest BCUT2D eigenvalue weighted by molar-refractivity contribution is -0.129. The molecule has 3 aromatic rings. The Kier molecular flexibility index (Phi) is 7.12. The predicted molar refractivity (Wildman–Crippen MR) is 126 cm³/mol. The highest BCUT2D eigenvalue weighted by Gasteiger charge is 2.24. The predicted octanol–water partition coefficient (Wildman–Crippen LogP) is 2.92. The van der Waals surface area contributed by atoms with Crippen LogP contribution in [0.15, 0.2) is 78.0 Å². The van der Waals surface area contributed by atoms with Crippen molar-refractivity contribution in [1.29, 1.82) is 0 Å². The van der Waals surface area contributed by atoms with E-state index in [1.807, 2.05) is 42.5 Å². The number of carbonyl (C=O) groups excluding carboxylic acids is 2. The Hall–Kier alpha value is -3.55. The number of halogens is 1. The number of rotatable bonds is 8. The molecule has 0 radical (unpaired) electrons. The number of fused-ring (bicyclic) bond motifs is 1. The first kappa shape index (κ1) is 22.6. The van der Waals surface area contributed by atoms with Crippen molar-refractivity contribution in [2.75, 3.05) is 6.54 Å². The minimum absolute atomic E-state index is 0.134. The Labute approximate surface area is 196 Å². The SMILES string of the molecule is O=C(Cc1cccc2ccccc12)N[C@@H](Cc1ccc(O)cc1)C(=O)NC[C@@H]1C=C(Cl)NO1. The highest BCUT2D eigenvalue weighted by molar-refractivity contribution is 6.29. The third-order valence-corrected chi connectivity index (χ3v) is 5.58. The number of hydrogen-bond acceptors (Lipinski definition) is 5. The Morgan fingerprint density at radius 2 is 1.82 bits per heavy atom. The molecule has 0 saturated carbocycles. The van der Waals surface area contributed by atoms with Gasteiger partial charge in [-0.2, -0.15) is 0 Å². The van der Waals surface area contributed by atoms with Crippen molar-refractivity contribution in [3.05, 3.63) is 89.1 Å². The fraction of sp³-hybridized carbons (Fsp3) is 0.200. The van der Waals surface area contributed by atoms with Crippen LogP contribution in [0.4, 0.5) is 0 Å². The summed E-state index contributed by atoms with van der Waals surface area (Å²) in [5, 5.41) is 17.6. The van der Waals surface area contributed by atoms with Gasteiger partial charge in [-0.05, 0) is 40.1 Å². The lowest BCUT2D eigenvalue weighted by Crippen LogP contribution is -2.49. The van der Waals surface area contributed by atoms with Crippen LogP contribution >= 0.6 is 11.6 Å². The molecule has 0 aliphatic carbocycles. The monoisotopic (exact) mass is 465 g/mol. The average molecular weight is 466 g/mol. The number of benzene rings is 3. The van der Waals surface area contributed by atoms with Crippen LogP contribution in [-0.4, -0.2) is 35.6 Å². The first-order chi connectivity index (χ1) is 16.0. The van der Waals surface area contributed by atoms with E-state index in [-0.39, 0.29) is 37.0 Å². The van der Waals surface area contributed by atoms with E-state index < -0.39 is 12.1 Å². The van der Waals surface area contributed by atoms with Crippen LogP contribution in [0.2, 0.25) is 0 Å². The summed E-state index contributed by atoms with van der Waals surface area (Å²) in [5.41, 5.74) is 4.22. The molecule has 170 valence electrons. The van der Waals surface area contributed by atoms with Gasteiger partial charge in [-0.25, -0.2) is 0 Å². The largest absolute Gasteiger partial charge is 0.508 e. The number of hydrogen-bond donors (Lipinski definition) is 4.